The highest BCUT2D eigenvalue weighted by Crippen LogP contribution is 2.28. The second-order valence-electron chi connectivity index (χ2n) is 8.54. The number of carbonyl (C=O) groups excluding carboxylic acids is 1. The van der Waals surface area contributed by atoms with Gasteiger partial charge in [0.25, 0.3) is 5.91 Å². The van der Waals surface area contributed by atoms with Gasteiger partial charge in [0.2, 0.25) is 0 Å². The Morgan fingerprint density at radius 1 is 0.946 bits per heavy atom. The fourth-order valence-electron chi connectivity index (χ4n) is 3.95. The number of hydrogen-bond acceptors (Lipinski definition) is 6. The van der Waals surface area contributed by atoms with Crippen molar-refractivity contribution < 1.29 is 18.7 Å². The third-order valence-electron chi connectivity index (χ3n) is 5.96. The lowest BCUT2D eigenvalue weighted by atomic mass is 10.1. The molecular weight excluding hydrogens is 489 g/mol. The Kier molecular flexibility index (Phi) is 9.24. The monoisotopic (exact) mass is 519 g/mol. The minimum Gasteiger partial charge on any atom is -0.493 e. The minimum atomic E-state index is -0.237. The topological polar surface area (TPSA) is 63.7 Å². The van der Waals surface area contributed by atoms with Gasteiger partial charge >= 0.3 is 0 Å². The zero-order valence-corrected chi connectivity index (χ0v) is 21.8. The third kappa shape index (κ3) is 7.38. The molecule has 3 aromatic carbocycles. The lowest BCUT2D eigenvalue weighted by Crippen LogP contribution is -2.26. The average molecular weight is 520 g/mol. The fourth-order valence-corrected chi connectivity index (χ4v) is 4.77. The Labute approximate surface area is 220 Å². The van der Waals surface area contributed by atoms with Gasteiger partial charge in [0.1, 0.15) is 16.5 Å². The van der Waals surface area contributed by atoms with E-state index in [0.29, 0.717) is 48.9 Å². The largest absolute Gasteiger partial charge is 0.493 e. The summed E-state index contributed by atoms with van der Waals surface area (Å²) in [5, 5.41) is 5.48. The normalized spacial score (nSPS) is 10.9. The van der Waals surface area contributed by atoms with Crippen LogP contribution in [-0.4, -0.2) is 36.6 Å². The molecule has 0 atom stereocenters. The first kappa shape index (κ1) is 26.3. The molecule has 6 nitrogen and oxygen atoms in total. The molecule has 4 aromatic rings. The molecule has 1 aromatic heterocycles. The van der Waals surface area contributed by atoms with Gasteiger partial charge < -0.3 is 14.8 Å². The van der Waals surface area contributed by atoms with Gasteiger partial charge in [-0.05, 0) is 35.7 Å². The number of nitrogens with zero attached hydrogens (tertiary/aromatic N) is 2. The summed E-state index contributed by atoms with van der Waals surface area (Å²) in [4.78, 5) is 19.3. The molecule has 1 heterocycles. The van der Waals surface area contributed by atoms with Gasteiger partial charge in [0.05, 0.1) is 20.8 Å². The standard InChI is InChI=1S/C29H30FN3O3S/c1-35-26-13-12-21(16-27(26)36-2)14-15-33(18-23-10-6-7-11-24(23)30)19-28-32-25(20-37-28)29(34)31-17-22-8-4-3-5-9-22/h3-13,16,20H,14-15,17-19H2,1-2H3,(H,31,34). The summed E-state index contributed by atoms with van der Waals surface area (Å²) in [5.41, 5.74) is 3.11. The minimum absolute atomic E-state index is 0.211. The van der Waals surface area contributed by atoms with Crippen molar-refractivity contribution in [3.8, 4) is 11.5 Å². The van der Waals surface area contributed by atoms with E-state index in [0.717, 1.165) is 22.6 Å². The first-order valence-electron chi connectivity index (χ1n) is 12.0. The smallest absolute Gasteiger partial charge is 0.271 e. The lowest BCUT2D eigenvalue weighted by Gasteiger charge is -2.22. The van der Waals surface area contributed by atoms with E-state index < -0.39 is 0 Å². The van der Waals surface area contributed by atoms with E-state index in [1.54, 1.807) is 31.7 Å². The second-order valence-corrected chi connectivity index (χ2v) is 9.48. The van der Waals surface area contributed by atoms with E-state index in [4.69, 9.17) is 9.47 Å². The first-order valence-corrected chi connectivity index (χ1v) is 12.9. The maximum absolute atomic E-state index is 14.4. The van der Waals surface area contributed by atoms with Crippen molar-refractivity contribution in [2.24, 2.45) is 0 Å². The summed E-state index contributed by atoms with van der Waals surface area (Å²) in [6, 6.07) is 22.4. The van der Waals surface area contributed by atoms with E-state index >= 15 is 0 Å². The molecule has 4 rings (SSSR count). The number of methoxy groups -OCH3 is 2. The Morgan fingerprint density at radius 2 is 1.70 bits per heavy atom. The van der Waals surface area contributed by atoms with Crippen LogP contribution in [0.1, 0.15) is 32.2 Å². The highest BCUT2D eigenvalue weighted by molar-refractivity contribution is 7.09. The van der Waals surface area contributed by atoms with Crippen molar-refractivity contribution in [2.45, 2.75) is 26.1 Å². The van der Waals surface area contributed by atoms with Gasteiger partial charge in [-0.2, -0.15) is 0 Å². The molecule has 0 unspecified atom stereocenters. The van der Waals surface area contributed by atoms with Crippen LogP contribution in [0.5, 0.6) is 11.5 Å². The Balaban J connectivity index is 1.44. The number of ether oxygens (including phenoxy) is 2. The molecule has 0 fully saturated rings. The summed E-state index contributed by atoms with van der Waals surface area (Å²) in [6.45, 7) is 2.03. The van der Waals surface area contributed by atoms with Gasteiger partial charge in [0, 0.05) is 30.6 Å². The van der Waals surface area contributed by atoms with Gasteiger partial charge in [0.15, 0.2) is 11.5 Å². The molecule has 0 saturated heterocycles. The van der Waals surface area contributed by atoms with E-state index in [9.17, 15) is 9.18 Å². The zero-order chi connectivity index (χ0) is 26.0. The van der Waals surface area contributed by atoms with Crippen LogP contribution in [0, 0.1) is 5.82 Å². The maximum atomic E-state index is 14.4. The molecule has 1 N–H and O–H groups in total. The summed E-state index contributed by atoms with van der Waals surface area (Å²) in [6.07, 6.45) is 0.727. The van der Waals surface area contributed by atoms with Crippen LogP contribution in [0.3, 0.4) is 0 Å². The molecule has 0 saturated carbocycles. The van der Waals surface area contributed by atoms with Crippen molar-refractivity contribution in [1.82, 2.24) is 15.2 Å². The van der Waals surface area contributed by atoms with Gasteiger partial charge in [-0.1, -0.05) is 54.6 Å². The Bertz CT molecular complexity index is 1310. The molecule has 8 heteroatoms. The molecule has 0 aliphatic heterocycles. The summed E-state index contributed by atoms with van der Waals surface area (Å²) < 4.78 is 25.2. The molecule has 1 amide bonds. The Hall–Kier alpha value is -3.75. The van der Waals surface area contributed by atoms with Crippen LogP contribution >= 0.6 is 11.3 Å². The SMILES string of the molecule is COc1ccc(CCN(Cc2nc(C(=O)NCc3ccccc3)cs2)Cc2ccccc2F)cc1OC. The summed E-state index contributed by atoms with van der Waals surface area (Å²) in [5.74, 6) is 0.901. The fraction of sp³-hybridized carbons (Fsp3) is 0.241. The zero-order valence-electron chi connectivity index (χ0n) is 20.9. The molecular formula is C29H30FN3O3S. The number of aromatic nitrogens is 1. The molecule has 0 aliphatic carbocycles. The predicted octanol–water partition coefficient (Wildman–Crippen LogP) is 5.47. The Morgan fingerprint density at radius 3 is 2.46 bits per heavy atom. The van der Waals surface area contributed by atoms with E-state index in [2.05, 4.69) is 15.2 Å². The highest BCUT2D eigenvalue weighted by Gasteiger charge is 2.16. The number of nitrogens with one attached hydrogen (secondary N) is 1. The van der Waals surface area contributed by atoms with Gasteiger partial charge in [-0.3, -0.25) is 9.69 Å². The molecule has 0 spiro atoms. The second kappa shape index (κ2) is 13.0. The predicted molar refractivity (Wildman–Crippen MR) is 143 cm³/mol. The van der Waals surface area contributed by atoms with E-state index in [-0.39, 0.29) is 11.7 Å². The van der Waals surface area contributed by atoms with E-state index in [1.165, 1.54) is 17.4 Å². The number of benzene rings is 3. The van der Waals surface area contributed by atoms with Crippen molar-refractivity contribution in [3.63, 3.8) is 0 Å². The number of amides is 1. The number of hydrogen-bond donors (Lipinski definition) is 1. The van der Waals surface area contributed by atoms with Crippen LogP contribution in [0.15, 0.2) is 78.2 Å². The van der Waals surface area contributed by atoms with Crippen molar-refractivity contribution in [1.29, 1.82) is 0 Å². The van der Waals surface area contributed by atoms with Crippen molar-refractivity contribution in [2.75, 3.05) is 20.8 Å². The van der Waals surface area contributed by atoms with E-state index in [1.807, 2.05) is 54.6 Å². The number of thiazole rings is 1. The summed E-state index contributed by atoms with van der Waals surface area (Å²) in [7, 11) is 3.22. The molecule has 192 valence electrons. The quantitative estimate of drug-likeness (QED) is 0.269. The summed E-state index contributed by atoms with van der Waals surface area (Å²) >= 11 is 1.43. The molecule has 0 bridgehead atoms. The third-order valence-corrected chi connectivity index (χ3v) is 6.79. The van der Waals surface area contributed by atoms with Crippen LogP contribution in [0.4, 0.5) is 4.39 Å². The number of halogens is 1. The van der Waals surface area contributed by atoms with Crippen LogP contribution in [0.25, 0.3) is 0 Å². The molecule has 37 heavy (non-hydrogen) atoms. The average Bonchev–Trinajstić information content (AvgIpc) is 3.40. The van der Waals surface area contributed by atoms with Crippen molar-refractivity contribution in [3.05, 3.63) is 111 Å². The van der Waals surface area contributed by atoms with Gasteiger partial charge in [-0.25, -0.2) is 9.37 Å². The number of carbonyl (C=O) groups is 1. The van der Waals surface area contributed by atoms with Crippen molar-refractivity contribution >= 4 is 17.2 Å². The van der Waals surface area contributed by atoms with Crippen LogP contribution in [0.2, 0.25) is 0 Å². The number of rotatable bonds is 12. The highest BCUT2D eigenvalue weighted by atomic mass is 32.1. The van der Waals surface area contributed by atoms with Crippen LogP contribution in [-0.2, 0) is 26.1 Å². The lowest BCUT2D eigenvalue weighted by molar-refractivity contribution is 0.0946. The maximum Gasteiger partial charge on any atom is 0.271 e. The first-order chi connectivity index (χ1) is 18.1. The molecule has 0 aliphatic rings. The van der Waals surface area contributed by atoms with Crippen LogP contribution < -0.4 is 14.8 Å². The van der Waals surface area contributed by atoms with Gasteiger partial charge in [-0.15, -0.1) is 11.3 Å². The molecule has 0 radical (unpaired) electrons.